The number of carbonyl (C=O) groups is 3. The van der Waals surface area contributed by atoms with E-state index >= 15 is 0 Å². The number of aliphatic hydroxyl groups is 1. The van der Waals surface area contributed by atoms with Crippen molar-refractivity contribution < 1.29 is 24.2 Å². The Morgan fingerprint density at radius 2 is 1.50 bits per heavy atom. The van der Waals surface area contributed by atoms with Crippen molar-refractivity contribution in [1.82, 2.24) is 0 Å². The molecule has 2 amide bonds. The Morgan fingerprint density at radius 1 is 0.950 bits per heavy atom. The van der Waals surface area contributed by atoms with Gasteiger partial charge in [-0.15, -0.1) is 0 Å². The fourth-order valence-electron chi connectivity index (χ4n) is 5.75. The zero-order valence-corrected chi connectivity index (χ0v) is 24.7. The zero-order valence-electron chi connectivity index (χ0n) is 23.2. The molecule has 1 aliphatic carbocycles. The second kappa shape index (κ2) is 12.4. The molecule has 0 bridgehead atoms. The lowest BCUT2D eigenvalue weighted by atomic mass is 9.61. The average molecular weight is 608 g/mol. The fraction of sp³-hybridized carbons (Fsp3) is 0.344. The molecule has 7 nitrogen and oxygen atoms in total. The topological polar surface area (TPSA) is 105 Å². The number of ether oxygens (including phenoxy) is 1. The molecule has 3 N–H and O–H groups in total. The number of halogens is 1. The molecule has 4 rings (SSSR count). The third kappa shape index (κ3) is 5.98. The van der Waals surface area contributed by atoms with Gasteiger partial charge in [-0.05, 0) is 61.2 Å². The minimum Gasteiger partial charge on any atom is -0.496 e. The molecule has 4 unspecified atom stereocenters. The lowest BCUT2D eigenvalue weighted by Gasteiger charge is -2.44. The summed E-state index contributed by atoms with van der Waals surface area (Å²) < 4.78 is 6.33. The summed E-state index contributed by atoms with van der Waals surface area (Å²) in [6.45, 7) is 5.46. The lowest BCUT2D eigenvalue weighted by molar-refractivity contribution is -0.150. The molecule has 0 heterocycles. The van der Waals surface area contributed by atoms with Gasteiger partial charge in [0.05, 0.1) is 18.6 Å². The third-order valence-corrected chi connectivity index (χ3v) is 8.19. The number of aryl methyl sites for hydroxylation is 2. The van der Waals surface area contributed by atoms with Crippen LogP contribution in [0.3, 0.4) is 0 Å². The lowest BCUT2D eigenvalue weighted by Crippen LogP contribution is -2.56. The Labute approximate surface area is 243 Å². The van der Waals surface area contributed by atoms with Gasteiger partial charge in [-0.1, -0.05) is 66.2 Å². The molecule has 210 valence electrons. The van der Waals surface area contributed by atoms with Gasteiger partial charge in [-0.3, -0.25) is 14.4 Å². The highest BCUT2D eigenvalue weighted by molar-refractivity contribution is 9.10. The normalized spacial score (nSPS) is 22.4. The van der Waals surface area contributed by atoms with Crippen molar-refractivity contribution in [1.29, 1.82) is 0 Å². The minimum absolute atomic E-state index is 0.346. The van der Waals surface area contributed by atoms with Gasteiger partial charge in [0.25, 0.3) is 0 Å². The Bertz CT molecular complexity index is 1420. The van der Waals surface area contributed by atoms with E-state index in [0.29, 0.717) is 40.0 Å². The predicted octanol–water partition coefficient (Wildman–Crippen LogP) is 5.90. The monoisotopic (exact) mass is 606 g/mol. The van der Waals surface area contributed by atoms with Crippen molar-refractivity contribution in [3.05, 3.63) is 87.9 Å². The number of hydrogen-bond acceptors (Lipinski definition) is 5. The Balaban J connectivity index is 1.85. The maximum Gasteiger partial charge on any atom is 0.235 e. The highest BCUT2D eigenvalue weighted by Gasteiger charge is 2.56. The van der Waals surface area contributed by atoms with E-state index in [9.17, 15) is 19.5 Å². The molecule has 3 aromatic rings. The molecular formula is C32H35BrN2O5. The van der Waals surface area contributed by atoms with Crippen molar-refractivity contribution in [2.24, 2.45) is 11.8 Å². The molecule has 40 heavy (non-hydrogen) atoms. The minimum atomic E-state index is -1.72. The van der Waals surface area contributed by atoms with E-state index in [1.165, 1.54) is 14.0 Å². The van der Waals surface area contributed by atoms with E-state index in [2.05, 4.69) is 26.6 Å². The smallest absolute Gasteiger partial charge is 0.235 e. The molecule has 3 aromatic carbocycles. The van der Waals surface area contributed by atoms with Crippen LogP contribution >= 0.6 is 15.9 Å². The zero-order chi connectivity index (χ0) is 29.0. The molecular weight excluding hydrogens is 572 g/mol. The van der Waals surface area contributed by atoms with E-state index in [4.69, 9.17) is 4.74 Å². The molecule has 0 aromatic heterocycles. The summed E-state index contributed by atoms with van der Waals surface area (Å²) in [5.41, 5.74) is 1.85. The van der Waals surface area contributed by atoms with Crippen LogP contribution in [0.2, 0.25) is 0 Å². The largest absolute Gasteiger partial charge is 0.496 e. The molecule has 8 heteroatoms. The standard InChI is InChI=1S/C32H35BrN2O5/c1-5-19-11-7-9-13-23(19)34-30(37)28-25(36)18-32(3,39)29(27(28)22-17-21(33)15-16-26(22)40-4)31(38)35-24-14-10-8-12-20(24)6-2/h7-17,27-29,39H,5-6,18H2,1-4H3,(H,34,37)(H,35,38). The van der Waals surface area contributed by atoms with Crippen molar-refractivity contribution in [2.45, 2.75) is 51.6 Å². The number of methoxy groups -OCH3 is 1. The van der Waals surface area contributed by atoms with Crippen LogP contribution in [0.15, 0.2) is 71.2 Å². The van der Waals surface area contributed by atoms with Crippen LogP contribution in [0, 0.1) is 11.8 Å². The van der Waals surface area contributed by atoms with E-state index in [1.807, 2.05) is 50.2 Å². The first kappa shape index (κ1) is 29.5. The van der Waals surface area contributed by atoms with Gasteiger partial charge in [-0.25, -0.2) is 0 Å². The van der Waals surface area contributed by atoms with Crippen molar-refractivity contribution in [2.75, 3.05) is 17.7 Å². The molecule has 4 atom stereocenters. The number of benzene rings is 3. The molecule has 0 aliphatic heterocycles. The first-order valence-electron chi connectivity index (χ1n) is 13.5. The Hall–Kier alpha value is -3.49. The summed E-state index contributed by atoms with van der Waals surface area (Å²) in [7, 11) is 1.49. The highest BCUT2D eigenvalue weighted by atomic mass is 79.9. The van der Waals surface area contributed by atoms with Crippen LogP contribution in [-0.4, -0.2) is 35.4 Å². The van der Waals surface area contributed by atoms with Crippen LogP contribution in [0.5, 0.6) is 5.75 Å². The summed E-state index contributed by atoms with van der Waals surface area (Å²) in [4.78, 5) is 41.7. The van der Waals surface area contributed by atoms with Crippen LogP contribution < -0.4 is 15.4 Å². The number of nitrogens with one attached hydrogen (secondary N) is 2. The Kier molecular flexibility index (Phi) is 9.11. The average Bonchev–Trinajstić information content (AvgIpc) is 2.92. The van der Waals surface area contributed by atoms with Crippen molar-refractivity contribution in [3.63, 3.8) is 0 Å². The summed E-state index contributed by atoms with van der Waals surface area (Å²) in [6.07, 6.45) is 1.04. The number of amides is 2. The number of Topliss-reactive ketones (excluding diaryl/α,β-unsaturated/α-hetero) is 1. The maximum absolute atomic E-state index is 14.1. The number of carbonyl (C=O) groups excluding carboxylic acids is 3. The number of rotatable bonds is 8. The Morgan fingerprint density at radius 3 is 2.05 bits per heavy atom. The van der Waals surface area contributed by atoms with E-state index in [0.717, 1.165) is 11.1 Å². The van der Waals surface area contributed by atoms with Gasteiger partial charge < -0.3 is 20.5 Å². The summed E-state index contributed by atoms with van der Waals surface area (Å²) >= 11 is 3.49. The van der Waals surface area contributed by atoms with Crippen LogP contribution in [0.4, 0.5) is 11.4 Å². The van der Waals surface area contributed by atoms with E-state index < -0.39 is 41.0 Å². The summed E-state index contributed by atoms with van der Waals surface area (Å²) in [6, 6.07) is 20.1. The molecule has 0 radical (unpaired) electrons. The molecule has 1 saturated carbocycles. The second-order valence-corrected chi connectivity index (χ2v) is 11.3. The van der Waals surface area contributed by atoms with Crippen molar-refractivity contribution >= 4 is 44.9 Å². The van der Waals surface area contributed by atoms with Gasteiger partial charge in [-0.2, -0.15) is 0 Å². The number of anilines is 2. The number of ketones is 1. The van der Waals surface area contributed by atoms with E-state index in [1.54, 1.807) is 30.3 Å². The van der Waals surface area contributed by atoms with Crippen molar-refractivity contribution in [3.8, 4) is 5.75 Å². The predicted molar refractivity (Wildman–Crippen MR) is 160 cm³/mol. The van der Waals surface area contributed by atoms with E-state index in [-0.39, 0.29) is 6.42 Å². The van der Waals surface area contributed by atoms with Crippen LogP contribution in [-0.2, 0) is 27.2 Å². The van der Waals surface area contributed by atoms with Gasteiger partial charge in [0.1, 0.15) is 17.5 Å². The SMILES string of the molecule is CCc1ccccc1NC(=O)C1C(=O)CC(C)(O)C(C(=O)Nc2ccccc2CC)C1c1cc(Br)ccc1OC. The van der Waals surface area contributed by atoms with Crippen LogP contribution in [0.1, 0.15) is 49.8 Å². The molecule has 1 aliphatic rings. The van der Waals surface area contributed by atoms with Gasteiger partial charge in [0, 0.05) is 33.7 Å². The first-order chi connectivity index (χ1) is 19.1. The molecule has 1 fully saturated rings. The third-order valence-electron chi connectivity index (χ3n) is 7.70. The highest BCUT2D eigenvalue weighted by Crippen LogP contribution is 2.49. The summed E-state index contributed by atoms with van der Waals surface area (Å²) in [5, 5.41) is 17.6. The molecule has 0 spiro atoms. The quantitative estimate of drug-likeness (QED) is 0.277. The number of hydrogen-bond donors (Lipinski definition) is 3. The van der Waals surface area contributed by atoms with Crippen LogP contribution in [0.25, 0.3) is 0 Å². The maximum atomic E-state index is 14.1. The fourth-order valence-corrected chi connectivity index (χ4v) is 6.13. The second-order valence-electron chi connectivity index (χ2n) is 10.4. The summed E-state index contributed by atoms with van der Waals surface area (Å²) in [5.74, 6) is -4.43. The number of para-hydroxylation sites is 2. The first-order valence-corrected chi connectivity index (χ1v) is 14.3. The van der Waals surface area contributed by atoms with Gasteiger partial charge in [0.2, 0.25) is 11.8 Å². The van der Waals surface area contributed by atoms with Gasteiger partial charge >= 0.3 is 0 Å². The molecule has 0 saturated heterocycles. The van der Waals surface area contributed by atoms with Gasteiger partial charge in [0.15, 0.2) is 0 Å².